The molecule has 0 spiro atoms. The van der Waals surface area contributed by atoms with Crippen LogP contribution in [0.15, 0.2) is 0 Å². The van der Waals surface area contributed by atoms with Crippen molar-refractivity contribution in [3.05, 3.63) is 0 Å². The van der Waals surface area contributed by atoms with Crippen molar-refractivity contribution in [2.45, 2.75) is 32.0 Å². The van der Waals surface area contributed by atoms with Gasteiger partial charge in [-0.15, -0.1) is 5.60 Å². The van der Waals surface area contributed by atoms with Crippen LogP contribution in [0.25, 0.3) is 0 Å². The fraction of sp³-hybridized carbons (Fsp3) is 1.00. The molecular weight excluding hydrogens is 167 g/mol. The largest absolute Gasteiger partial charge is 1.00 e. The van der Waals surface area contributed by atoms with Crippen molar-refractivity contribution in [2.24, 2.45) is 0 Å². The molecule has 1 rings (SSSR count). The zero-order valence-electron chi connectivity index (χ0n) is 8.13. The second-order valence-electron chi connectivity index (χ2n) is 3.53. The fourth-order valence-electron chi connectivity index (χ4n) is 1.20. The summed E-state index contributed by atoms with van der Waals surface area (Å²) in [7, 11) is 0. The Bertz CT molecular complexity index is 116. The van der Waals surface area contributed by atoms with Gasteiger partial charge < -0.3 is 14.6 Å². The van der Waals surface area contributed by atoms with E-state index in [2.05, 4.69) is 0 Å². The summed E-state index contributed by atoms with van der Waals surface area (Å²) in [4.78, 5) is 0. The van der Waals surface area contributed by atoms with Gasteiger partial charge in [0, 0.05) is 0 Å². The molecule has 0 N–H and O–H groups in total. The standard InChI is InChI=1S/C8H15O3.Na/c1-8(2,9)5-7-6-10-3-4-11-7;/h7H,3-6H2,1-2H3;/q-1;+1. The van der Waals surface area contributed by atoms with Crippen LogP contribution in [-0.4, -0.2) is 31.5 Å². The summed E-state index contributed by atoms with van der Waals surface area (Å²) in [5.74, 6) is 0. The SMILES string of the molecule is CC(C)([O-])CC1COCCO1.[Na+]. The van der Waals surface area contributed by atoms with E-state index in [1.807, 2.05) is 0 Å². The van der Waals surface area contributed by atoms with Crippen molar-refractivity contribution >= 4 is 0 Å². The summed E-state index contributed by atoms with van der Waals surface area (Å²) in [6.45, 7) is 5.21. The third kappa shape index (κ3) is 5.51. The molecule has 12 heavy (non-hydrogen) atoms. The molecule has 1 saturated heterocycles. The van der Waals surface area contributed by atoms with Crippen LogP contribution in [0.1, 0.15) is 20.3 Å². The molecule has 1 fully saturated rings. The predicted molar refractivity (Wildman–Crippen MR) is 39.3 cm³/mol. The maximum absolute atomic E-state index is 11.2. The molecule has 66 valence electrons. The van der Waals surface area contributed by atoms with E-state index in [4.69, 9.17) is 9.47 Å². The number of rotatable bonds is 2. The van der Waals surface area contributed by atoms with E-state index in [1.165, 1.54) is 0 Å². The van der Waals surface area contributed by atoms with E-state index in [0.29, 0.717) is 26.2 Å². The van der Waals surface area contributed by atoms with Crippen LogP contribution in [-0.2, 0) is 9.47 Å². The minimum absolute atomic E-state index is 0. The van der Waals surface area contributed by atoms with Crippen molar-refractivity contribution in [2.75, 3.05) is 19.8 Å². The smallest absolute Gasteiger partial charge is 0.850 e. The van der Waals surface area contributed by atoms with Gasteiger partial charge in [0.05, 0.1) is 25.9 Å². The van der Waals surface area contributed by atoms with E-state index in [1.54, 1.807) is 13.8 Å². The molecule has 0 saturated carbocycles. The molecule has 1 aliphatic rings. The number of ether oxygens (including phenoxy) is 2. The van der Waals surface area contributed by atoms with E-state index in [9.17, 15) is 5.11 Å². The number of hydrogen-bond donors (Lipinski definition) is 0. The Morgan fingerprint density at radius 3 is 2.50 bits per heavy atom. The zero-order chi connectivity index (χ0) is 8.32. The molecule has 1 aliphatic heterocycles. The molecule has 1 unspecified atom stereocenters. The van der Waals surface area contributed by atoms with Gasteiger partial charge in [-0.05, 0) is 6.42 Å². The van der Waals surface area contributed by atoms with E-state index < -0.39 is 5.60 Å². The van der Waals surface area contributed by atoms with Crippen LogP contribution in [0, 0.1) is 0 Å². The molecule has 0 aromatic rings. The second kappa shape index (κ2) is 5.58. The van der Waals surface area contributed by atoms with Crippen LogP contribution < -0.4 is 34.7 Å². The first kappa shape index (κ1) is 12.9. The van der Waals surface area contributed by atoms with Gasteiger partial charge in [0.25, 0.3) is 0 Å². The van der Waals surface area contributed by atoms with Gasteiger partial charge in [-0.25, -0.2) is 0 Å². The van der Waals surface area contributed by atoms with Crippen LogP contribution in [0.3, 0.4) is 0 Å². The van der Waals surface area contributed by atoms with Crippen molar-refractivity contribution in [3.8, 4) is 0 Å². The topological polar surface area (TPSA) is 41.5 Å². The normalized spacial score (nSPS) is 24.8. The summed E-state index contributed by atoms with van der Waals surface area (Å²) in [6.07, 6.45) is 0.545. The van der Waals surface area contributed by atoms with Crippen LogP contribution in [0.5, 0.6) is 0 Å². The molecule has 4 heteroatoms. The third-order valence-corrected chi connectivity index (χ3v) is 1.60. The summed E-state index contributed by atoms with van der Waals surface area (Å²) < 4.78 is 10.5. The molecule has 0 bridgehead atoms. The molecule has 0 aromatic heterocycles. The van der Waals surface area contributed by atoms with Gasteiger partial charge in [-0.2, -0.15) is 0 Å². The maximum Gasteiger partial charge on any atom is 1.00 e. The van der Waals surface area contributed by atoms with Crippen molar-refractivity contribution in [3.63, 3.8) is 0 Å². The summed E-state index contributed by atoms with van der Waals surface area (Å²) in [6, 6.07) is 0. The fourth-order valence-corrected chi connectivity index (χ4v) is 1.20. The average molecular weight is 182 g/mol. The van der Waals surface area contributed by atoms with E-state index in [0.717, 1.165) is 0 Å². The van der Waals surface area contributed by atoms with Gasteiger partial charge in [0.2, 0.25) is 0 Å². The molecule has 0 aliphatic carbocycles. The molecule has 0 aromatic carbocycles. The van der Waals surface area contributed by atoms with E-state index >= 15 is 0 Å². The molecule has 1 atom stereocenters. The quantitative estimate of drug-likeness (QED) is 0.426. The minimum Gasteiger partial charge on any atom is -0.850 e. The van der Waals surface area contributed by atoms with Crippen molar-refractivity contribution < 1.29 is 44.1 Å². The van der Waals surface area contributed by atoms with Gasteiger partial charge in [0.15, 0.2) is 0 Å². The Morgan fingerprint density at radius 1 is 1.42 bits per heavy atom. The van der Waals surface area contributed by atoms with Crippen LogP contribution >= 0.6 is 0 Å². The van der Waals surface area contributed by atoms with Gasteiger partial charge in [0.1, 0.15) is 0 Å². The van der Waals surface area contributed by atoms with E-state index in [-0.39, 0.29) is 35.7 Å². The summed E-state index contributed by atoms with van der Waals surface area (Å²) in [5.41, 5.74) is -0.897. The summed E-state index contributed by atoms with van der Waals surface area (Å²) in [5, 5.41) is 11.2. The Balaban J connectivity index is 0.00000121. The number of hydrogen-bond acceptors (Lipinski definition) is 3. The first-order chi connectivity index (χ1) is 5.08. The van der Waals surface area contributed by atoms with Crippen molar-refractivity contribution in [1.29, 1.82) is 0 Å². The first-order valence-electron chi connectivity index (χ1n) is 3.98. The minimum atomic E-state index is -0.897. The Morgan fingerprint density at radius 2 is 2.08 bits per heavy atom. The zero-order valence-corrected chi connectivity index (χ0v) is 10.1. The predicted octanol–water partition coefficient (Wildman–Crippen LogP) is -3.07. The maximum atomic E-state index is 11.2. The van der Waals surface area contributed by atoms with Crippen LogP contribution in [0.4, 0.5) is 0 Å². The van der Waals surface area contributed by atoms with Gasteiger partial charge >= 0.3 is 29.6 Å². The molecule has 1 heterocycles. The molecule has 0 radical (unpaired) electrons. The molecular formula is C8H15NaO3. The monoisotopic (exact) mass is 182 g/mol. The van der Waals surface area contributed by atoms with Crippen LogP contribution in [0.2, 0.25) is 0 Å². The van der Waals surface area contributed by atoms with Gasteiger partial charge in [-0.1, -0.05) is 13.8 Å². The Kier molecular flexibility index (Phi) is 5.99. The summed E-state index contributed by atoms with van der Waals surface area (Å²) >= 11 is 0. The molecule has 0 amide bonds. The Labute approximate surface area is 95.7 Å². The molecule has 3 nitrogen and oxygen atoms in total. The average Bonchev–Trinajstić information content (AvgIpc) is 1.85. The Hall–Kier alpha value is 0.880. The van der Waals surface area contributed by atoms with Crippen molar-refractivity contribution in [1.82, 2.24) is 0 Å². The third-order valence-electron chi connectivity index (χ3n) is 1.60. The first-order valence-corrected chi connectivity index (χ1v) is 3.98. The van der Waals surface area contributed by atoms with Gasteiger partial charge in [-0.3, -0.25) is 0 Å². The second-order valence-corrected chi connectivity index (χ2v) is 3.53.